The highest BCUT2D eigenvalue weighted by atomic mass is 19.4. The first-order valence-corrected chi connectivity index (χ1v) is 12.6. The van der Waals surface area contributed by atoms with Crippen LogP contribution in [0.2, 0.25) is 0 Å². The molecule has 5 nitrogen and oxygen atoms in total. The summed E-state index contributed by atoms with van der Waals surface area (Å²) in [6.45, 7) is 9.47. The number of alkyl halides is 3. The van der Waals surface area contributed by atoms with Crippen molar-refractivity contribution >= 4 is 11.8 Å². The zero-order valence-corrected chi connectivity index (χ0v) is 21.5. The predicted molar refractivity (Wildman–Crippen MR) is 136 cm³/mol. The van der Waals surface area contributed by atoms with Crippen LogP contribution in [0.15, 0.2) is 36.4 Å². The lowest BCUT2D eigenvalue weighted by molar-refractivity contribution is -0.137. The molecule has 4 rings (SSSR count). The highest BCUT2D eigenvalue weighted by Crippen LogP contribution is 2.36. The Morgan fingerprint density at radius 2 is 1.69 bits per heavy atom. The van der Waals surface area contributed by atoms with E-state index < -0.39 is 17.3 Å². The predicted octanol–water partition coefficient (Wildman–Crippen LogP) is 6.42. The third-order valence-corrected chi connectivity index (χ3v) is 6.95. The molecule has 8 heteroatoms. The van der Waals surface area contributed by atoms with Gasteiger partial charge in [-0.2, -0.15) is 13.2 Å². The van der Waals surface area contributed by atoms with Crippen LogP contribution in [-0.4, -0.2) is 54.7 Å². The second-order valence-electron chi connectivity index (χ2n) is 11.0. The number of likely N-dealkylation sites (tertiary alicyclic amines) is 1. The lowest BCUT2D eigenvalue weighted by Crippen LogP contribution is -2.40. The van der Waals surface area contributed by atoms with Crippen LogP contribution < -0.4 is 5.32 Å². The van der Waals surface area contributed by atoms with E-state index in [1.807, 2.05) is 26.8 Å². The number of hydrogen-bond donors (Lipinski definition) is 1. The highest BCUT2D eigenvalue weighted by molar-refractivity contribution is 5.80. The Hall–Kier alpha value is -2.74. The third-order valence-electron chi connectivity index (χ3n) is 6.95. The second kappa shape index (κ2) is 10.3. The molecule has 2 aliphatic heterocycles. The summed E-state index contributed by atoms with van der Waals surface area (Å²) < 4.78 is 45.0. The number of nitrogens with zero attached hydrogens (tertiary/aromatic N) is 2. The molecule has 0 unspecified atom stereocenters. The first-order chi connectivity index (χ1) is 16.9. The minimum atomic E-state index is -4.38. The van der Waals surface area contributed by atoms with Crippen molar-refractivity contribution in [1.82, 2.24) is 9.80 Å². The number of fused-ring (bicyclic) bond motifs is 1. The number of nitrogens with one attached hydrogen (secondary N) is 1. The number of carbonyl (C=O) groups is 1. The van der Waals surface area contributed by atoms with Crippen LogP contribution in [0.5, 0.6) is 0 Å². The van der Waals surface area contributed by atoms with Gasteiger partial charge >= 0.3 is 12.3 Å². The van der Waals surface area contributed by atoms with E-state index in [4.69, 9.17) is 4.74 Å². The van der Waals surface area contributed by atoms with Crippen molar-refractivity contribution in [3.63, 3.8) is 0 Å². The van der Waals surface area contributed by atoms with Crippen LogP contribution in [0, 0.1) is 5.92 Å². The summed E-state index contributed by atoms with van der Waals surface area (Å²) in [7, 11) is 2.14. The van der Waals surface area contributed by atoms with Gasteiger partial charge < -0.3 is 19.9 Å². The quantitative estimate of drug-likeness (QED) is 0.523. The summed E-state index contributed by atoms with van der Waals surface area (Å²) in [5.74, 6) is 0.556. The van der Waals surface area contributed by atoms with Crippen LogP contribution in [0.25, 0.3) is 11.1 Å². The van der Waals surface area contributed by atoms with Gasteiger partial charge in [0.15, 0.2) is 0 Å². The van der Waals surface area contributed by atoms with Crippen LogP contribution in [0.1, 0.15) is 50.3 Å². The standard InChI is InChI=1S/C28H36F3N3O2/c1-27(2,3)36-26(35)34-14-11-21-16-25(32-17-19-9-12-33(4)13-10-19)24(15-22(21)18-34)20-5-7-23(8-6-20)28(29,30)31/h5-8,15-16,19,32H,9-14,17-18H2,1-4H3. The van der Waals surface area contributed by atoms with E-state index in [0.29, 0.717) is 31.0 Å². The van der Waals surface area contributed by atoms with E-state index in [2.05, 4.69) is 23.3 Å². The number of amides is 1. The molecule has 2 aliphatic rings. The number of rotatable bonds is 4. The number of piperidine rings is 1. The fraction of sp³-hybridized carbons (Fsp3) is 0.536. The number of carbonyl (C=O) groups excluding carboxylic acids is 1. The number of ether oxygens (including phenoxy) is 1. The Kier molecular flexibility index (Phi) is 7.55. The molecule has 1 amide bonds. The number of hydrogen-bond acceptors (Lipinski definition) is 4. The maximum absolute atomic E-state index is 13.2. The molecule has 0 atom stereocenters. The Morgan fingerprint density at radius 3 is 2.31 bits per heavy atom. The molecular formula is C28H36F3N3O2. The molecule has 1 N–H and O–H groups in total. The lowest BCUT2D eigenvalue weighted by atomic mass is 9.92. The van der Waals surface area contributed by atoms with Crippen molar-refractivity contribution in [2.75, 3.05) is 38.5 Å². The average Bonchev–Trinajstić information content (AvgIpc) is 2.81. The van der Waals surface area contributed by atoms with Gasteiger partial charge in [-0.3, -0.25) is 0 Å². The van der Waals surface area contributed by atoms with Crippen LogP contribution in [0.3, 0.4) is 0 Å². The van der Waals surface area contributed by atoms with Crippen molar-refractivity contribution in [3.05, 3.63) is 53.1 Å². The smallest absolute Gasteiger partial charge is 0.416 e. The lowest BCUT2D eigenvalue weighted by Gasteiger charge is -2.32. The van der Waals surface area contributed by atoms with Gasteiger partial charge in [-0.15, -0.1) is 0 Å². The Balaban J connectivity index is 1.61. The normalized spacial score (nSPS) is 17.6. The maximum Gasteiger partial charge on any atom is 0.416 e. The molecule has 1 saturated heterocycles. The van der Waals surface area contributed by atoms with Gasteiger partial charge in [0.2, 0.25) is 0 Å². The summed E-state index contributed by atoms with van der Waals surface area (Å²) in [5, 5.41) is 3.61. The summed E-state index contributed by atoms with van der Waals surface area (Å²) in [6, 6.07) is 9.44. The molecule has 0 aromatic heterocycles. The summed E-state index contributed by atoms with van der Waals surface area (Å²) >= 11 is 0. The van der Waals surface area contributed by atoms with E-state index in [-0.39, 0.29) is 6.09 Å². The number of anilines is 1. The topological polar surface area (TPSA) is 44.8 Å². The molecule has 2 aromatic carbocycles. The van der Waals surface area contributed by atoms with E-state index in [1.54, 1.807) is 4.90 Å². The molecule has 196 valence electrons. The van der Waals surface area contributed by atoms with E-state index in [9.17, 15) is 18.0 Å². The van der Waals surface area contributed by atoms with Crippen molar-refractivity contribution in [1.29, 1.82) is 0 Å². The fourth-order valence-corrected chi connectivity index (χ4v) is 4.84. The fourth-order valence-electron chi connectivity index (χ4n) is 4.84. The van der Waals surface area contributed by atoms with E-state index in [1.165, 1.54) is 12.1 Å². The van der Waals surface area contributed by atoms with Crippen molar-refractivity contribution in [3.8, 4) is 11.1 Å². The van der Waals surface area contributed by atoms with Crippen LogP contribution in [0.4, 0.5) is 23.7 Å². The van der Waals surface area contributed by atoms with Crippen LogP contribution in [-0.2, 0) is 23.9 Å². The molecule has 2 heterocycles. The van der Waals surface area contributed by atoms with Gasteiger partial charge in [-0.05, 0) is 107 Å². The molecule has 2 aromatic rings. The molecule has 0 saturated carbocycles. The molecule has 0 aliphatic carbocycles. The highest BCUT2D eigenvalue weighted by Gasteiger charge is 2.30. The van der Waals surface area contributed by atoms with Gasteiger partial charge in [-0.25, -0.2) is 4.79 Å². The number of benzene rings is 2. The van der Waals surface area contributed by atoms with E-state index >= 15 is 0 Å². The average molecular weight is 504 g/mol. The maximum atomic E-state index is 13.2. The summed E-state index contributed by atoms with van der Waals surface area (Å²) in [5.41, 5.74) is 3.39. The van der Waals surface area contributed by atoms with Gasteiger partial charge in [0, 0.05) is 30.9 Å². The summed E-state index contributed by atoms with van der Waals surface area (Å²) in [6.07, 6.45) is -1.79. The molecule has 36 heavy (non-hydrogen) atoms. The van der Waals surface area contributed by atoms with Crippen molar-refractivity contribution < 1.29 is 22.7 Å². The Bertz CT molecular complexity index is 1070. The zero-order valence-electron chi connectivity index (χ0n) is 21.5. The van der Waals surface area contributed by atoms with E-state index in [0.717, 1.165) is 67.0 Å². The largest absolute Gasteiger partial charge is 0.444 e. The Morgan fingerprint density at radius 1 is 1.03 bits per heavy atom. The monoisotopic (exact) mass is 503 g/mol. The Labute approximate surface area is 211 Å². The second-order valence-corrected chi connectivity index (χ2v) is 11.0. The third kappa shape index (κ3) is 6.52. The molecule has 1 fully saturated rings. The van der Waals surface area contributed by atoms with Gasteiger partial charge in [0.25, 0.3) is 0 Å². The number of halogens is 3. The van der Waals surface area contributed by atoms with Gasteiger partial charge in [-0.1, -0.05) is 12.1 Å². The molecule has 0 bridgehead atoms. The van der Waals surface area contributed by atoms with Crippen molar-refractivity contribution in [2.24, 2.45) is 5.92 Å². The van der Waals surface area contributed by atoms with Crippen molar-refractivity contribution in [2.45, 2.75) is 58.4 Å². The first kappa shape index (κ1) is 26.3. The van der Waals surface area contributed by atoms with Gasteiger partial charge in [0.1, 0.15) is 5.60 Å². The van der Waals surface area contributed by atoms with Crippen LogP contribution >= 0.6 is 0 Å². The molecule has 0 radical (unpaired) electrons. The summed E-state index contributed by atoms with van der Waals surface area (Å²) in [4.78, 5) is 16.7. The van der Waals surface area contributed by atoms with Gasteiger partial charge in [0.05, 0.1) is 5.56 Å². The zero-order chi connectivity index (χ0) is 26.1. The first-order valence-electron chi connectivity index (χ1n) is 12.6. The molecular weight excluding hydrogens is 467 g/mol. The molecule has 0 spiro atoms. The minimum Gasteiger partial charge on any atom is -0.444 e. The minimum absolute atomic E-state index is 0.353. The SMILES string of the molecule is CN1CCC(CNc2cc3c(cc2-c2ccc(C(F)(F)F)cc2)CN(C(=O)OC(C)(C)C)CC3)CC1.